The molecule has 0 radical (unpaired) electrons. The van der Waals surface area contributed by atoms with Gasteiger partial charge in [-0.05, 0) is 38.5 Å². The summed E-state index contributed by atoms with van der Waals surface area (Å²) in [5.74, 6) is 0. The summed E-state index contributed by atoms with van der Waals surface area (Å²) in [5.41, 5.74) is 0. The average molecular weight is 190 g/mol. The van der Waals surface area contributed by atoms with Gasteiger partial charge in [-0.2, -0.15) is 0 Å². The zero-order valence-electron chi connectivity index (χ0n) is 8.39. The Morgan fingerprint density at radius 3 is 0.846 bits per heavy atom. The number of rotatable bonds is 0. The molecule has 0 aromatic carbocycles. The van der Waals surface area contributed by atoms with Crippen LogP contribution < -0.4 is 0 Å². The number of ether oxygens (including phenoxy) is 2. The van der Waals surface area contributed by atoms with E-state index < -0.39 is 0 Å². The van der Waals surface area contributed by atoms with Crippen LogP contribution in [0.3, 0.4) is 0 Å². The molecule has 2 saturated heterocycles. The molecule has 0 bridgehead atoms. The van der Waals surface area contributed by atoms with Crippen molar-refractivity contribution < 1.29 is 14.9 Å². The Kier molecular flexibility index (Phi) is 9.87. The minimum atomic E-state index is 0. The van der Waals surface area contributed by atoms with Crippen LogP contribution in [0.2, 0.25) is 0 Å². The first-order valence-electron chi connectivity index (χ1n) is 5.15. The molecule has 2 aliphatic heterocycles. The lowest BCUT2D eigenvalue weighted by molar-refractivity contribution is 0.0967. The summed E-state index contributed by atoms with van der Waals surface area (Å²) in [7, 11) is 0. The van der Waals surface area contributed by atoms with Gasteiger partial charge in [0.25, 0.3) is 0 Å². The highest BCUT2D eigenvalue weighted by molar-refractivity contribution is 4.45. The van der Waals surface area contributed by atoms with E-state index in [0.717, 1.165) is 26.4 Å². The molecule has 0 unspecified atom stereocenters. The van der Waals surface area contributed by atoms with Gasteiger partial charge in [0.15, 0.2) is 0 Å². The average Bonchev–Trinajstić information content (AvgIpc) is 2.24. The molecule has 13 heavy (non-hydrogen) atoms. The van der Waals surface area contributed by atoms with Gasteiger partial charge in [0.05, 0.1) is 0 Å². The fraction of sp³-hybridized carbons (Fsp3) is 1.00. The summed E-state index contributed by atoms with van der Waals surface area (Å²) in [6.07, 6.45) is 7.86. The van der Waals surface area contributed by atoms with Gasteiger partial charge < -0.3 is 14.9 Å². The summed E-state index contributed by atoms with van der Waals surface area (Å²) in [4.78, 5) is 0. The third-order valence-electron chi connectivity index (χ3n) is 2.15. The second kappa shape index (κ2) is 9.96. The van der Waals surface area contributed by atoms with E-state index in [1.807, 2.05) is 0 Å². The zero-order valence-corrected chi connectivity index (χ0v) is 8.39. The van der Waals surface area contributed by atoms with Crippen molar-refractivity contribution in [1.29, 1.82) is 0 Å². The van der Waals surface area contributed by atoms with E-state index in [0.29, 0.717) is 0 Å². The number of hydrogen-bond donors (Lipinski definition) is 0. The summed E-state index contributed by atoms with van der Waals surface area (Å²) in [6, 6.07) is 0. The Balaban J connectivity index is 0.000000206. The standard InChI is InChI=1S/2C5H10O.H2O/c2*1-2-4-6-5-3-1;/h2*1-5H2;1H2. The van der Waals surface area contributed by atoms with E-state index in [4.69, 9.17) is 9.47 Å². The molecule has 2 fully saturated rings. The van der Waals surface area contributed by atoms with Crippen LogP contribution >= 0.6 is 0 Å². The quantitative estimate of drug-likeness (QED) is 0.582. The molecule has 2 aliphatic rings. The maximum absolute atomic E-state index is 5.07. The van der Waals surface area contributed by atoms with Crippen molar-refractivity contribution in [2.45, 2.75) is 38.5 Å². The van der Waals surface area contributed by atoms with Crippen LogP contribution in [0.4, 0.5) is 0 Å². The Morgan fingerprint density at radius 2 is 0.769 bits per heavy atom. The summed E-state index contributed by atoms with van der Waals surface area (Å²) in [6.45, 7) is 4.00. The van der Waals surface area contributed by atoms with Crippen molar-refractivity contribution in [2.75, 3.05) is 26.4 Å². The van der Waals surface area contributed by atoms with E-state index in [1.54, 1.807) is 0 Å². The maximum Gasteiger partial charge on any atom is 0.0466 e. The third-order valence-corrected chi connectivity index (χ3v) is 2.15. The largest absolute Gasteiger partial charge is 0.412 e. The smallest absolute Gasteiger partial charge is 0.0466 e. The van der Waals surface area contributed by atoms with Crippen LogP contribution in [-0.4, -0.2) is 31.9 Å². The van der Waals surface area contributed by atoms with E-state index in [-0.39, 0.29) is 5.48 Å². The molecule has 0 aromatic rings. The first-order chi connectivity index (χ1) is 6.00. The molecule has 0 aromatic heterocycles. The molecule has 0 amide bonds. The van der Waals surface area contributed by atoms with Crippen molar-refractivity contribution in [3.05, 3.63) is 0 Å². The lowest BCUT2D eigenvalue weighted by Gasteiger charge is -2.08. The van der Waals surface area contributed by atoms with Crippen LogP contribution in [0.25, 0.3) is 0 Å². The SMILES string of the molecule is C1CCOCC1.C1CCOCC1.O. The van der Waals surface area contributed by atoms with Gasteiger partial charge in [0.2, 0.25) is 0 Å². The maximum atomic E-state index is 5.07. The summed E-state index contributed by atoms with van der Waals surface area (Å²) in [5, 5.41) is 0. The van der Waals surface area contributed by atoms with Crippen molar-refractivity contribution in [3.8, 4) is 0 Å². The monoisotopic (exact) mass is 190 g/mol. The predicted molar refractivity (Wildman–Crippen MR) is 53.0 cm³/mol. The Bertz CT molecular complexity index is 53.2. The normalized spacial score (nSPS) is 22.2. The topological polar surface area (TPSA) is 50.0 Å². The second-order valence-corrected chi connectivity index (χ2v) is 3.35. The lowest BCUT2D eigenvalue weighted by Crippen LogP contribution is -2.03. The molecule has 2 heterocycles. The van der Waals surface area contributed by atoms with Crippen LogP contribution in [-0.2, 0) is 9.47 Å². The van der Waals surface area contributed by atoms with E-state index in [2.05, 4.69) is 0 Å². The van der Waals surface area contributed by atoms with E-state index >= 15 is 0 Å². The first kappa shape index (κ1) is 12.9. The van der Waals surface area contributed by atoms with Crippen LogP contribution in [0.15, 0.2) is 0 Å². The molecule has 0 saturated carbocycles. The highest BCUT2D eigenvalue weighted by Gasteiger charge is 1.95. The van der Waals surface area contributed by atoms with Crippen LogP contribution in [0, 0.1) is 0 Å². The Labute approximate surface area is 80.7 Å². The first-order valence-corrected chi connectivity index (χ1v) is 5.15. The van der Waals surface area contributed by atoms with Crippen molar-refractivity contribution in [1.82, 2.24) is 0 Å². The third kappa shape index (κ3) is 8.22. The molecule has 0 aliphatic carbocycles. The summed E-state index contributed by atoms with van der Waals surface area (Å²) >= 11 is 0. The van der Waals surface area contributed by atoms with Gasteiger partial charge in [-0.25, -0.2) is 0 Å². The molecular weight excluding hydrogens is 168 g/mol. The lowest BCUT2D eigenvalue weighted by atomic mass is 10.2. The van der Waals surface area contributed by atoms with Crippen molar-refractivity contribution in [2.24, 2.45) is 0 Å². The fourth-order valence-electron chi connectivity index (χ4n) is 1.37. The molecule has 80 valence electrons. The zero-order chi connectivity index (χ0) is 8.49. The molecule has 3 nitrogen and oxygen atoms in total. The predicted octanol–water partition coefficient (Wildman–Crippen LogP) is 1.55. The van der Waals surface area contributed by atoms with E-state index in [1.165, 1.54) is 38.5 Å². The summed E-state index contributed by atoms with van der Waals surface area (Å²) < 4.78 is 10.1. The highest BCUT2D eigenvalue weighted by atomic mass is 16.5. The molecule has 0 spiro atoms. The highest BCUT2D eigenvalue weighted by Crippen LogP contribution is 2.02. The second-order valence-electron chi connectivity index (χ2n) is 3.35. The Hall–Kier alpha value is -0.120. The van der Waals surface area contributed by atoms with E-state index in [9.17, 15) is 0 Å². The molecule has 2 N–H and O–H groups in total. The van der Waals surface area contributed by atoms with Gasteiger partial charge >= 0.3 is 0 Å². The van der Waals surface area contributed by atoms with Gasteiger partial charge in [-0.15, -0.1) is 0 Å². The fourth-order valence-corrected chi connectivity index (χ4v) is 1.37. The Morgan fingerprint density at radius 1 is 0.462 bits per heavy atom. The number of hydrogen-bond acceptors (Lipinski definition) is 2. The minimum absolute atomic E-state index is 0. The van der Waals surface area contributed by atoms with Gasteiger partial charge in [-0.1, -0.05) is 0 Å². The van der Waals surface area contributed by atoms with Crippen molar-refractivity contribution >= 4 is 0 Å². The molecular formula is C10H22O3. The molecule has 3 heteroatoms. The van der Waals surface area contributed by atoms with Gasteiger partial charge in [0.1, 0.15) is 0 Å². The minimum Gasteiger partial charge on any atom is -0.412 e. The van der Waals surface area contributed by atoms with Crippen LogP contribution in [0.5, 0.6) is 0 Å². The molecule has 2 rings (SSSR count). The van der Waals surface area contributed by atoms with Gasteiger partial charge in [0, 0.05) is 26.4 Å². The van der Waals surface area contributed by atoms with Crippen LogP contribution in [0.1, 0.15) is 38.5 Å². The van der Waals surface area contributed by atoms with Crippen molar-refractivity contribution in [3.63, 3.8) is 0 Å². The van der Waals surface area contributed by atoms with Gasteiger partial charge in [-0.3, -0.25) is 0 Å². The molecule has 0 atom stereocenters.